The van der Waals surface area contributed by atoms with E-state index in [4.69, 9.17) is 4.74 Å². The Balaban J connectivity index is 2.24. The number of halogens is 1. The smallest absolute Gasteiger partial charge is 0.129 e. The van der Waals surface area contributed by atoms with Gasteiger partial charge in [-0.15, -0.1) is 0 Å². The monoisotopic (exact) mass is 209 g/mol. The van der Waals surface area contributed by atoms with Crippen LogP contribution in [0.2, 0.25) is 0 Å². The Labute approximate surface area is 89.4 Å². The quantitative estimate of drug-likeness (QED) is 0.765. The fraction of sp³-hybridized carbons (Fsp3) is 0.500. The summed E-state index contributed by atoms with van der Waals surface area (Å²) in [5, 5.41) is 3.24. The first-order chi connectivity index (χ1) is 7.16. The maximum atomic E-state index is 13.6. The van der Waals surface area contributed by atoms with E-state index < -0.39 is 0 Å². The SMILES string of the molecule is Cc1ccc(F)c(C2CNCC(C)O2)c1. The third-order valence-electron chi connectivity index (χ3n) is 2.66. The molecule has 82 valence electrons. The van der Waals surface area contributed by atoms with E-state index >= 15 is 0 Å². The fourth-order valence-corrected chi connectivity index (χ4v) is 1.89. The van der Waals surface area contributed by atoms with E-state index in [1.54, 1.807) is 6.07 Å². The summed E-state index contributed by atoms with van der Waals surface area (Å²) in [5.41, 5.74) is 1.72. The molecule has 1 N–H and O–H groups in total. The molecule has 3 heteroatoms. The van der Waals surface area contributed by atoms with Crippen LogP contribution in [0.1, 0.15) is 24.2 Å². The van der Waals surface area contributed by atoms with Crippen LogP contribution in [0.25, 0.3) is 0 Å². The van der Waals surface area contributed by atoms with Crippen LogP contribution in [0.15, 0.2) is 18.2 Å². The summed E-state index contributed by atoms with van der Waals surface area (Å²) in [6.07, 6.45) is -0.0164. The first-order valence-corrected chi connectivity index (χ1v) is 5.29. The van der Waals surface area contributed by atoms with Crippen LogP contribution in [-0.2, 0) is 4.74 Å². The Morgan fingerprint density at radius 1 is 1.40 bits per heavy atom. The predicted molar refractivity (Wildman–Crippen MR) is 57.3 cm³/mol. The Kier molecular flexibility index (Phi) is 3.03. The van der Waals surface area contributed by atoms with Gasteiger partial charge in [-0.25, -0.2) is 4.39 Å². The molecule has 1 saturated heterocycles. The molecule has 0 saturated carbocycles. The van der Waals surface area contributed by atoms with Crippen LogP contribution in [0.4, 0.5) is 4.39 Å². The second kappa shape index (κ2) is 4.29. The van der Waals surface area contributed by atoms with Gasteiger partial charge in [-0.2, -0.15) is 0 Å². The van der Waals surface area contributed by atoms with Crippen LogP contribution >= 0.6 is 0 Å². The molecule has 0 aliphatic carbocycles. The zero-order valence-corrected chi connectivity index (χ0v) is 9.09. The van der Waals surface area contributed by atoms with Crippen LogP contribution < -0.4 is 5.32 Å². The third kappa shape index (κ3) is 2.36. The van der Waals surface area contributed by atoms with Crippen LogP contribution in [0.5, 0.6) is 0 Å². The zero-order valence-electron chi connectivity index (χ0n) is 9.09. The summed E-state index contributed by atoms with van der Waals surface area (Å²) >= 11 is 0. The molecule has 1 aromatic carbocycles. The maximum absolute atomic E-state index is 13.6. The standard InChI is InChI=1S/C12H16FNO/c1-8-3-4-11(13)10(5-8)12-7-14-6-9(2)15-12/h3-5,9,12,14H,6-7H2,1-2H3. The highest BCUT2D eigenvalue weighted by atomic mass is 19.1. The van der Waals surface area contributed by atoms with Crippen molar-refractivity contribution in [2.24, 2.45) is 0 Å². The Bertz CT molecular complexity index is 353. The van der Waals surface area contributed by atoms with E-state index in [1.807, 2.05) is 19.9 Å². The summed E-state index contributed by atoms with van der Waals surface area (Å²) in [6.45, 7) is 5.48. The molecule has 2 atom stereocenters. The molecule has 0 amide bonds. The highest BCUT2D eigenvalue weighted by molar-refractivity contribution is 5.26. The lowest BCUT2D eigenvalue weighted by molar-refractivity contribution is -0.0303. The van der Waals surface area contributed by atoms with Gasteiger partial charge >= 0.3 is 0 Å². The number of hydrogen-bond donors (Lipinski definition) is 1. The molecule has 0 radical (unpaired) electrons. The van der Waals surface area contributed by atoms with Crippen molar-refractivity contribution in [3.63, 3.8) is 0 Å². The Morgan fingerprint density at radius 3 is 2.93 bits per heavy atom. The summed E-state index contributed by atoms with van der Waals surface area (Å²) in [6, 6.07) is 5.14. The summed E-state index contributed by atoms with van der Waals surface area (Å²) in [5.74, 6) is -0.179. The van der Waals surface area contributed by atoms with Gasteiger partial charge in [-0.3, -0.25) is 0 Å². The van der Waals surface area contributed by atoms with Gasteiger partial charge in [0.2, 0.25) is 0 Å². The number of nitrogens with one attached hydrogen (secondary N) is 1. The molecule has 1 aliphatic heterocycles. The molecule has 0 aromatic heterocycles. The van der Waals surface area contributed by atoms with Crippen molar-refractivity contribution in [3.8, 4) is 0 Å². The van der Waals surface area contributed by atoms with Crippen molar-refractivity contribution in [3.05, 3.63) is 35.1 Å². The number of benzene rings is 1. The molecule has 2 unspecified atom stereocenters. The zero-order chi connectivity index (χ0) is 10.8. The minimum atomic E-state index is -0.179. The molecule has 1 aromatic rings. The lowest BCUT2D eigenvalue weighted by Crippen LogP contribution is -2.39. The van der Waals surface area contributed by atoms with Gasteiger partial charge in [-0.1, -0.05) is 17.7 Å². The Hall–Kier alpha value is -0.930. The number of morpholine rings is 1. The highest BCUT2D eigenvalue weighted by Crippen LogP contribution is 2.24. The summed E-state index contributed by atoms with van der Waals surface area (Å²) in [4.78, 5) is 0. The van der Waals surface area contributed by atoms with Gasteiger partial charge in [0.15, 0.2) is 0 Å². The van der Waals surface area contributed by atoms with Gasteiger partial charge in [-0.05, 0) is 19.9 Å². The first-order valence-electron chi connectivity index (χ1n) is 5.29. The van der Waals surface area contributed by atoms with E-state index in [2.05, 4.69) is 5.32 Å². The lowest BCUT2D eigenvalue weighted by atomic mass is 10.0. The molecule has 2 rings (SSSR count). The van der Waals surface area contributed by atoms with Crippen molar-refractivity contribution in [2.75, 3.05) is 13.1 Å². The van der Waals surface area contributed by atoms with E-state index in [0.29, 0.717) is 12.1 Å². The number of ether oxygens (including phenoxy) is 1. The summed E-state index contributed by atoms with van der Waals surface area (Å²) < 4.78 is 19.3. The van der Waals surface area contributed by atoms with Gasteiger partial charge in [0.1, 0.15) is 5.82 Å². The van der Waals surface area contributed by atoms with Crippen LogP contribution in [0.3, 0.4) is 0 Å². The van der Waals surface area contributed by atoms with Gasteiger partial charge in [0.05, 0.1) is 12.2 Å². The van der Waals surface area contributed by atoms with Gasteiger partial charge in [0, 0.05) is 18.7 Å². The molecule has 0 spiro atoms. The maximum Gasteiger partial charge on any atom is 0.129 e. The Morgan fingerprint density at radius 2 is 2.20 bits per heavy atom. The van der Waals surface area contributed by atoms with E-state index in [-0.39, 0.29) is 18.0 Å². The molecule has 1 aliphatic rings. The average Bonchev–Trinajstić information content (AvgIpc) is 2.22. The van der Waals surface area contributed by atoms with E-state index in [0.717, 1.165) is 12.1 Å². The predicted octanol–water partition coefficient (Wildman–Crippen LogP) is 2.18. The first kappa shape index (κ1) is 10.6. The van der Waals surface area contributed by atoms with Crippen molar-refractivity contribution < 1.29 is 9.13 Å². The third-order valence-corrected chi connectivity index (χ3v) is 2.66. The lowest BCUT2D eigenvalue weighted by Gasteiger charge is -2.29. The minimum absolute atomic E-state index is 0.142. The number of aryl methyl sites for hydroxylation is 1. The normalized spacial score (nSPS) is 26.6. The molecule has 2 nitrogen and oxygen atoms in total. The number of hydrogen-bond acceptors (Lipinski definition) is 2. The molecular formula is C12H16FNO. The second-order valence-corrected chi connectivity index (χ2v) is 4.12. The van der Waals surface area contributed by atoms with Crippen molar-refractivity contribution in [1.82, 2.24) is 5.32 Å². The van der Waals surface area contributed by atoms with Gasteiger partial charge < -0.3 is 10.1 Å². The van der Waals surface area contributed by atoms with E-state index in [9.17, 15) is 4.39 Å². The van der Waals surface area contributed by atoms with Crippen LogP contribution in [-0.4, -0.2) is 19.2 Å². The molecule has 1 heterocycles. The minimum Gasteiger partial charge on any atom is -0.368 e. The molecular weight excluding hydrogens is 193 g/mol. The van der Waals surface area contributed by atoms with Gasteiger partial charge in [0.25, 0.3) is 0 Å². The molecule has 15 heavy (non-hydrogen) atoms. The van der Waals surface area contributed by atoms with E-state index in [1.165, 1.54) is 6.07 Å². The van der Waals surface area contributed by atoms with Crippen molar-refractivity contribution in [2.45, 2.75) is 26.1 Å². The average molecular weight is 209 g/mol. The second-order valence-electron chi connectivity index (χ2n) is 4.12. The van der Waals surface area contributed by atoms with Crippen molar-refractivity contribution in [1.29, 1.82) is 0 Å². The largest absolute Gasteiger partial charge is 0.368 e. The highest BCUT2D eigenvalue weighted by Gasteiger charge is 2.22. The number of rotatable bonds is 1. The fourth-order valence-electron chi connectivity index (χ4n) is 1.89. The van der Waals surface area contributed by atoms with Crippen LogP contribution in [0, 0.1) is 12.7 Å². The summed E-state index contributed by atoms with van der Waals surface area (Å²) in [7, 11) is 0. The molecule has 0 bridgehead atoms. The van der Waals surface area contributed by atoms with Crippen molar-refractivity contribution >= 4 is 0 Å². The molecule has 1 fully saturated rings. The topological polar surface area (TPSA) is 21.3 Å².